The van der Waals surface area contributed by atoms with E-state index in [1.165, 1.54) is 4.88 Å². The third-order valence-electron chi connectivity index (χ3n) is 4.21. The maximum Gasteiger partial charge on any atom is 0.227 e. The molecular formula is C16H22ClN5S. The zero-order valence-electron chi connectivity index (χ0n) is 13.7. The minimum absolute atomic E-state index is 0.447. The van der Waals surface area contributed by atoms with Gasteiger partial charge in [0.15, 0.2) is 0 Å². The molecule has 3 rings (SSSR count). The van der Waals surface area contributed by atoms with E-state index in [1.807, 2.05) is 37.3 Å². The Bertz CT molecular complexity index is 659. The van der Waals surface area contributed by atoms with E-state index in [2.05, 4.69) is 32.9 Å². The summed E-state index contributed by atoms with van der Waals surface area (Å²) in [5, 5.41) is 0. The first-order chi connectivity index (χ1) is 11.0. The Hall–Kier alpha value is -1.37. The highest BCUT2D eigenvalue weighted by Crippen LogP contribution is 2.26. The summed E-state index contributed by atoms with van der Waals surface area (Å²) >= 11 is 7.68. The second-order valence-corrected chi connectivity index (χ2v) is 7.90. The number of likely N-dealkylation sites (N-methyl/N-ethyl adjacent to an activating group) is 1. The van der Waals surface area contributed by atoms with Crippen LogP contribution in [0.25, 0.3) is 0 Å². The summed E-state index contributed by atoms with van der Waals surface area (Å²) in [5.74, 6) is 1.73. The van der Waals surface area contributed by atoms with E-state index >= 15 is 0 Å². The molecule has 7 heteroatoms. The fourth-order valence-corrected chi connectivity index (χ4v) is 3.98. The van der Waals surface area contributed by atoms with Crippen LogP contribution >= 0.6 is 22.9 Å². The number of thiophene rings is 1. The standard InChI is InChI=1S/C16H22ClN5S/c1-20(2)15-6-8-18-16(19-15)21(3)12-7-9-22(10-12)11-13-4-5-14(17)23-13/h4-6,8,12H,7,9-11H2,1-3H3. The molecule has 0 amide bonds. The van der Waals surface area contributed by atoms with Gasteiger partial charge in [-0.15, -0.1) is 11.3 Å². The van der Waals surface area contributed by atoms with Gasteiger partial charge in [-0.05, 0) is 24.6 Å². The average molecular weight is 352 g/mol. The predicted molar refractivity (Wildman–Crippen MR) is 97.8 cm³/mol. The summed E-state index contributed by atoms with van der Waals surface area (Å²) < 4.78 is 0.863. The molecule has 0 N–H and O–H groups in total. The number of hydrogen-bond donors (Lipinski definition) is 0. The van der Waals surface area contributed by atoms with Crippen molar-refractivity contribution in [3.05, 3.63) is 33.6 Å². The summed E-state index contributed by atoms with van der Waals surface area (Å²) in [6, 6.07) is 6.47. The molecule has 2 aromatic rings. The quantitative estimate of drug-likeness (QED) is 0.827. The largest absolute Gasteiger partial charge is 0.363 e. The summed E-state index contributed by atoms with van der Waals surface area (Å²) in [6.45, 7) is 3.10. The van der Waals surface area contributed by atoms with Crippen molar-refractivity contribution in [1.82, 2.24) is 14.9 Å². The Kier molecular flexibility index (Phi) is 5.04. The minimum atomic E-state index is 0.447. The van der Waals surface area contributed by atoms with Crippen molar-refractivity contribution in [2.75, 3.05) is 44.0 Å². The molecule has 0 aromatic carbocycles. The highest BCUT2D eigenvalue weighted by molar-refractivity contribution is 7.16. The molecule has 0 aliphatic carbocycles. The predicted octanol–water partition coefficient (Wildman–Crippen LogP) is 2.97. The normalized spacial score (nSPS) is 18.3. The molecule has 2 aromatic heterocycles. The van der Waals surface area contributed by atoms with Gasteiger partial charge in [0.05, 0.1) is 4.34 Å². The van der Waals surface area contributed by atoms with Crippen LogP contribution in [0.1, 0.15) is 11.3 Å². The zero-order valence-corrected chi connectivity index (χ0v) is 15.3. The molecular weight excluding hydrogens is 330 g/mol. The van der Waals surface area contributed by atoms with Crippen molar-refractivity contribution in [3.63, 3.8) is 0 Å². The lowest BCUT2D eigenvalue weighted by molar-refractivity contribution is 0.328. The van der Waals surface area contributed by atoms with Crippen LogP contribution in [-0.4, -0.2) is 55.1 Å². The van der Waals surface area contributed by atoms with E-state index in [0.717, 1.165) is 42.2 Å². The van der Waals surface area contributed by atoms with E-state index in [1.54, 1.807) is 11.3 Å². The first-order valence-corrected chi connectivity index (χ1v) is 8.92. The number of hydrogen-bond acceptors (Lipinski definition) is 6. The molecule has 0 bridgehead atoms. The third kappa shape index (κ3) is 3.94. The number of rotatable bonds is 5. The fourth-order valence-electron chi connectivity index (χ4n) is 2.85. The van der Waals surface area contributed by atoms with Crippen molar-refractivity contribution in [1.29, 1.82) is 0 Å². The van der Waals surface area contributed by atoms with E-state index in [9.17, 15) is 0 Å². The number of aromatic nitrogens is 2. The maximum atomic E-state index is 6.02. The van der Waals surface area contributed by atoms with Crippen LogP contribution in [0.2, 0.25) is 4.34 Å². The summed E-state index contributed by atoms with van der Waals surface area (Å²) in [6.07, 6.45) is 2.96. The smallest absolute Gasteiger partial charge is 0.227 e. The van der Waals surface area contributed by atoms with Gasteiger partial charge in [-0.3, -0.25) is 4.90 Å². The Balaban J connectivity index is 1.63. The van der Waals surface area contributed by atoms with E-state index < -0.39 is 0 Å². The van der Waals surface area contributed by atoms with Crippen molar-refractivity contribution < 1.29 is 0 Å². The number of likely N-dealkylation sites (tertiary alicyclic amines) is 1. The Morgan fingerprint density at radius 1 is 1.30 bits per heavy atom. The van der Waals surface area contributed by atoms with Crippen LogP contribution in [0.3, 0.4) is 0 Å². The van der Waals surface area contributed by atoms with Gasteiger partial charge in [-0.2, -0.15) is 4.98 Å². The van der Waals surface area contributed by atoms with Crippen molar-refractivity contribution >= 4 is 34.7 Å². The fraction of sp³-hybridized carbons (Fsp3) is 0.500. The van der Waals surface area contributed by atoms with E-state index in [4.69, 9.17) is 11.6 Å². The van der Waals surface area contributed by atoms with Crippen LogP contribution in [0.15, 0.2) is 24.4 Å². The van der Waals surface area contributed by atoms with Gasteiger partial charge >= 0.3 is 0 Å². The first kappa shape index (κ1) is 16.5. The van der Waals surface area contributed by atoms with Gasteiger partial charge < -0.3 is 9.80 Å². The van der Waals surface area contributed by atoms with Gasteiger partial charge in [0.2, 0.25) is 5.95 Å². The summed E-state index contributed by atoms with van der Waals surface area (Å²) in [7, 11) is 6.08. The van der Waals surface area contributed by atoms with Crippen LogP contribution in [0, 0.1) is 0 Å². The van der Waals surface area contributed by atoms with Gasteiger partial charge in [-0.25, -0.2) is 4.98 Å². The molecule has 124 valence electrons. The molecule has 1 atom stereocenters. The molecule has 0 saturated carbocycles. The molecule has 0 spiro atoms. The molecule has 1 unspecified atom stereocenters. The van der Waals surface area contributed by atoms with Gasteiger partial charge in [0.1, 0.15) is 5.82 Å². The highest BCUT2D eigenvalue weighted by atomic mass is 35.5. The SMILES string of the molecule is CN(C)c1ccnc(N(C)C2CCN(Cc3ccc(Cl)s3)C2)n1. The van der Waals surface area contributed by atoms with Crippen molar-refractivity contribution in [3.8, 4) is 0 Å². The van der Waals surface area contributed by atoms with Crippen LogP contribution < -0.4 is 9.80 Å². The number of nitrogens with zero attached hydrogens (tertiary/aromatic N) is 5. The second kappa shape index (κ2) is 7.03. The molecule has 1 aliphatic heterocycles. The lowest BCUT2D eigenvalue weighted by atomic mass is 10.2. The monoisotopic (exact) mass is 351 g/mol. The average Bonchev–Trinajstić information content (AvgIpc) is 3.16. The molecule has 0 radical (unpaired) electrons. The third-order valence-corrected chi connectivity index (χ3v) is 5.42. The van der Waals surface area contributed by atoms with Crippen LogP contribution in [0.5, 0.6) is 0 Å². The van der Waals surface area contributed by atoms with Gasteiger partial charge in [0.25, 0.3) is 0 Å². The van der Waals surface area contributed by atoms with Crippen LogP contribution in [-0.2, 0) is 6.54 Å². The molecule has 1 fully saturated rings. The molecule has 5 nitrogen and oxygen atoms in total. The lowest BCUT2D eigenvalue weighted by Gasteiger charge is -2.25. The van der Waals surface area contributed by atoms with Gasteiger partial charge in [-0.1, -0.05) is 11.6 Å². The molecule has 1 saturated heterocycles. The lowest BCUT2D eigenvalue weighted by Crippen LogP contribution is -2.35. The van der Waals surface area contributed by atoms with E-state index in [0.29, 0.717) is 6.04 Å². The minimum Gasteiger partial charge on any atom is -0.363 e. The molecule has 1 aliphatic rings. The van der Waals surface area contributed by atoms with Crippen molar-refractivity contribution in [2.24, 2.45) is 0 Å². The van der Waals surface area contributed by atoms with Gasteiger partial charge in [0, 0.05) is 57.9 Å². The summed E-state index contributed by atoms with van der Waals surface area (Å²) in [5.41, 5.74) is 0. The topological polar surface area (TPSA) is 35.5 Å². The first-order valence-electron chi connectivity index (χ1n) is 7.72. The number of halogens is 1. The Morgan fingerprint density at radius 2 is 2.13 bits per heavy atom. The van der Waals surface area contributed by atoms with Crippen molar-refractivity contribution in [2.45, 2.75) is 19.0 Å². The Labute approximate surface area is 146 Å². The Morgan fingerprint density at radius 3 is 2.83 bits per heavy atom. The van der Waals surface area contributed by atoms with Crippen LogP contribution in [0.4, 0.5) is 11.8 Å². The summed E-state index contributed by atoms with van der Waals surface area (Å²) in [4.78, 5) is 17.1. The second-order valence-electron chi connectivity index (χ2n) is 6.10. The maximum absolute atomic E-state index is 6.02. The zero-order chi connectivity index (χ0) is 16.4. The highest BCUT2D eigenvalue weighted by Gasteiger charge is 2.27. The molecule has 3 heterocycles. The molecule has 23 heavy (non-hydrogen) atoms. The van der Waals surface area contributed by atoms with E-state index in [-0.39, 0.29) is 0 Å². The number of anilines is 2.